The molecule has 0 saturated carbocycles. The maximum atomic E-state index is 5.61. The molecule has 84 valence electrons. The zero-order chi connectivity index (χ0) is 11.5. The zero-order valence-corrected chi connectivity index (χ0v) is 10.1. The Labute approximate surface area is 92.4 Å². The Kier molecular flexibility index (Phi) is 3.75. The maximum absolute atomic E-state index is 5.61. The highest BCUT2D eigenvalue weighted by molar-refractivity contribution is 5.31. The summed E-state index contributed by atoms with van der Waals surface area (Å²) in [6, 6.07) is 8.23. The van der Waals surface area contributed by atoms with Crippen molar-refractivity contribution >= 4 is 0 Å². The van der Waals surface area contributed by atoms with E-state index in [9.17, 15) is 0 Å². The van der Waals surface area contributed by atoms with Crippen LogP contribution in [0.25, 0.3) is 0 Å². The number of hydrogen-bond acceptors (Lipinski definition) is 2. The van der Waals surface area contributed by atoms with Crippen LogP contribution >= 0.6 is 0 Å². The smallest absolute Gasteiger partial charge is 0.119 e. The van der Waals surface area contributed by atoms with Crippen LogP contribution in [0.1, 0.15) is 33.3 Å². The molecule has 0 fully saturated rings. The van der Waals surface area contributed by atoms with E-state index in [2.05, 4.69) is 32.9 Å². The highest BCUT2D eigenvalue weighted by atomic mass is 16.5. The Balaban J connectivity index is 2.73. The van der Waals surface area contributed by atoms with Crippen molar-refractivity contribution in [1.29, 1.82) is 0 Å². The first-order chi connectivity index (χ1) is 6.93. The zero-order valence-electron chi connectivity index (χ0n) is 10.1. The summed E-state index contributed by atoms with van der Waals surface area (Å²) in [5, 5.41) is 0. The van der Waals surface area contributed by atoms with E-state index >= 15 is 0 Å². The quantitative estimate of drug-likeness (QED) is 0.827. The minimum atomic E-state index is 0.0745. The molecule has 0 radical (unpaired) electrons. The van der Waals surface area contributed by atoms with Crippen LogP contribution in [0.4, 0.5) is 0 Å². The van der Waals surface area contributed by atoms with Gasteiger partial charge in [0.15, 0.2) is 0 Å². The monoisotopic (exact) mass is 207 g/mol. The molecule has 1 aromatic rings. The Morgan fingerprint density at radius 2 is 1.73 bits per heavy atom. The van der Waals surface area contributed by atoms with Gasteiger partial charge in [-0.1, -0.05) is 32.9 Å². The highest BCUT2D eigenvalue weighted by Crippen LogP contribution is 2.24. The van der Waals surface area contributed by atoms with Crippen LogP contribution in [-0.4, -0.2) is 12.6 Å². The van der Waals surface area contributed by atoms with Crippen LogP contribution in [0.15, 0.2) is 24.3 Å². The molecule has 1 atom stereocenters. The lowest BCUT2D eigenvalue weighted by Crippen LogP contribution is -2.22. The van der Waals surface area contributed by atoms with Crippen LogP contribution in [0.5, 0.6) is 5.75 Å². The minimum Gasteiger partial charge on any atom is -0.489 e. The van der Waals surface area contributed by atoms with E-state index in [1.165, 1.54) is 5.56 Å². The fourth-order valence-electron chi connectivity index (χ4n) is 1.31. The van der Waals surface area contributed by atoms with Gasteiger partial charge in [-0.3, -0.25) is 0 Å². The van der Waals surface area contributed by atoms with Gasteiger partial charge < -0.3 is 10.5 Å². The molecule has 2 nitrogen and oxygen atoms in total. The van der Waals surface area contributed by atoms with Crippen LogP contribution in [-0.2, 0) is 5.41 Å². The second-order valence-corrected chi connectivity index (χ2v) is 4.94. The average molecular weight is 207 g/mol. The topological polar surface area (TPSA) is 35.2 Å². The third-order valence-electron chi connectivity index (χ3n) is 2.39. The van der Waals surface area contributed by atoms with Gasteiger partial charge in [0.2, 0.25) is 0 Å². The van der Waals surface area contributed by atoms with E-state index in [-0.39, 0.29) is 11.5 Å². The fourth-order valence-corrected chi connectivity index (χ4v) is 1.31. The molecule has 2 heteroatoms. The fraction of sp³-hybridized carbons (Fsp3) is 0.538. The molecule has 0 aliphatic heterocycles. The van der Waals surface area contributed by atoms with E-state index < -0.39 is 0 Å². The van der Waals surface area contributed by atoms with E-state index in [4.69, 9.17) is 10.5 Å². The van der Waals surface area contributed by atoms with Gasteiger partial charge in [0, 0.05) is 6.54 Å². The largest absolute Gasteiger partial charge is 0.489 e. The van der Waals surface area contributed by atoms with Crippen molar-refractivity contribution < 1.29 is 4.74 Å². The van der Waals surface area contributed by atoms with Gasteiger partial charge >= 0.3 is 0 Å². The number of hydrogen-bond donors (Lipinski definition) is 1. The standard InChI is InChI=1S/C13H21NO/c1-10(9-14)15-12-7-5-11(6-8-12)13(2,3)4/h5-8,10H,9,14H2,1-4H3/t10-/m1/s1. The lowest BCUT2D eigenvalue weighted by atomic mass is 9.87. The van der Waals surface area contributed by atoms with Crippen LogP contribution < -0.4 is 10.5 Å². The lowest BCUT2D eigenvalue weighted by Gasteiger charge is -2.19. The first-order valence-corrected chi connectivity index (χ1v) is 5.41. The minimum absolute atomic E-state index is 0.0745. The lowest BCUT2D eigenvalue weighted by molar-refractivity contribution is 0.230. The van der Waals surface area contributed by atoms with Crippen LogP contribution in [0.3, 0.4) is 0 Å². The van der Waals surface area contributed by atoms with Crippen molar-refractivity contribution in [2.24, 2.45) is 5.73 Å². The van der Waals surface area contributed by atoms with Gasteiger partial charge in [0.05, 0.1) is 0 Å². The summed E-state index contributed by atoms with van der Waals surface area (Å²) >= 11 is 0. The normalized spacial score (nSPS) is 13.7. The Hall–Kier alpha value is -1.02. The molecule has 2 N–H and O–H groups in total. The molecule has 0 unspecified atom stereocenters. The molecule has 1 aromatic carbocycles. The number of rotatable bonds is 3. The van der Waals surface area contributed by atoms with Crippen molar-refractivity contribution in [3.8, 4) is 5.75 Å². The van der Waals surface area contributed by atoms with Gasteiger partial charge in [-0.05, 0) is 30.0 Å². The molecule has 15 heavy (non-hydrogen) atoms. The van der Waals surface area contributed by atoms with E-state index in [0.717, 1.165) is 5.75 Å². The predicted octanol–water partition coefficient (Wildman–Crippen LogP) is 2.71. The Morgan fingerprint density at radius 1 is 1.20 bits per heavy atom. The van der Waals surface area contributed by atoms with Gasteiger partial charge in [-0.2, -0.15) is 0 Å². The van der Waals surface area contributed by atoms with Crippen LogP contribution in [0, 0.1) is 0 Å². The number of benzene rings is 1. The van der Waals surface area contributed by atoms with Gasteiger partial charge in [0.1, 0.15) is 11.9 Å². The van der Waals surface area contributed by atoms with Crippen molar-refractivity contribution in [2.45, 2.75) is 39.2 Å². The van der Waals surface area contributed by atoms with Crippen molar-refractivity contribution in [1.82, 2.24) is 0 Å². The first kappa shape index (κ1) is 12.1. The van der Waals surface area contributed by atoms with E-state index in [0.29, 0.717) is 6.54 Å². The molecule has 0 aliphatic rings. The molecule has 0 bridgehead atoms. The summed E-state index contributed by atoms with van der Waals surface area (Å²) in [7, 11) is 0. The summed E-state index contributed by atoms with van der Waals surface area (Å²) < 4.78 is 5.61. The van der Waals surface area contributed by atoms with Crippen molar-refractivity contribution in [3.05, 3.63) is 29.8 Å². The molecule has 0 aliphatic carbocycles. The number of nitrogens with two attached hydrogens (primary N) is 1. The third kappa shape index (κ3) is 3.56. The average Bonchev–Trinajstić information content (AvgIpc) is 2.17. The predicted molar refractivity (Wildman–Crippen MR) is 64.3 cm³/mol. The highest BCUT2D eigenvalue weighted by Gasteiger charge is 2.13. The maximum Gasteiger partial charge on any atom is 0.119 e. The second-order valence-electron chi connectivity index (χ2n) is 4.94. The van der Waals surface area contributed by atoms with Crippen LogP contribution in [0.2, 0.25) is 0 Å². The summed E-state index contributed by atoms with van der Waals surface area (Å²) in [6.45, 7) is 9.11. The molecule has 0 amide bonds. The number of ether oxygens (including phenoxy) is 1. The first-order valence-electron chi connectivity index (χ1n) is 5.41. The second kappa shape index (κ2) is 4.67. The molecular formula is C13H21NO. The molecule has 0 spiro atoms. The summed E-state index contributed by atoms with van der Waals surface area (Å²) in [4.78, 5) is 0. The molecular weight excluding hydrogens is 186 g/mol. The van der Waals surface area contributed by atoms with Crippen molar-refractivity contribution in [3.63, 3.8) is 0 Å². The Morgan fingerprint density at radius 3 is 2.13 bits per heavy atom. The molecule has 0 aromatic heterocycles. The van der Waals surface area contributed by atoms with Crippen molar-refractivity contribution in [2.75, 3.05) is 6.54 Å². The van der Waals surface area contributed by atoms with Gasteiger partial charge in [-0.15, -0.1) is 0 Å². The van der Waals surface area contributed by atoms with E-state index in [1.54, 1.807) is 0 Å². The molecule has 0 heterocycles. The summed E-state index contributed by atoms with van der Waals surface area (Å²) in [5.41, 5.74) is 7.00. The van der Waals surface area contributed by atoms with E-state index in [1.807, 2.05) is 19.1 Å². The van der Waals surface area contributed by atoms with Gasteiger partial charge in [-0.25, -0.2) is 0 Å². The van der Waals surface area contributed by atoms with Gasteiger partial charge in [0.25, 0.3) is 0 Å². The SMILES string of the molecule is C[C@H](CN)Oc1ccc(C(C)(C)C)cc1. The molecule has 0 saturated heterocycles. The summed E-state index contributed by atoms with van der Waals surface area (Å²) in [5.74, 6) is 0.890. The Bertz CT molecular complexity index is 297. The third-order valence-corrected chi connectivity index (χ3v) is 2.39. The summed E-state index contributed by atoms with van der Waals surface area (Å²) in [6.07, 6.45) is 0.0745. The molecule has 1 rings (SSSR count).